The summed E-state index contributed by atoms with van der Waals surface area (Å²) in [4.78, 5) is 12.2. The summed E-state index contributed by atoms with van der Waals surface area (Å²) in [5.74, 6) is 0.807. The van der Waals surface area contributed by atoms with Crippen molar-refractivity contribution in [3.63, 3.8) is 0 Å². The van der Waals surface area contributed by atoms with E-state index in [0.29, 0.717) is 12.5 Å². The zero-order chi connectivity index (χ0) is 14.7. The maximum absolute atomic E-state index is 12.2. The zero-order valence-corrected chi connectivity index (χ0v) is 12.7. The van der Waals surface area contributed by atoms with Gasteiger partial charge in [-0.3, -0.25) is 4.79 Å². The number of carbonyl (C=O) groups is 1. The number of nitrogens with two attached hydrogens (primary N) is 1. The average Bonchev–Trinajstić information content (AvgIpc) is 3.34. The molecule has 2 aliphatic carbocycles. The first-order chi connectivity index (χ1) is 10.2. The first-order valence-electron chi connectivity index (χ1n) is 8.28. The number of hydrogen-bond acceptors (Lipinski definition) is 2. The minimum absolute atomic E-state index is 0.141. The van der Waals surface area contributed by atoms with E-state index in [2.05, 4.69) is 35.6 Å². The number of hydrogen-bond donors (Lipinski definition) is 2. The van der Waals surface area contributed by atoms with Crippen molar-refractivity contribution in [2.75, 3.05) is 13.1 Å². The molecular weight excluding hydrogens is 260 g/mol. The van der Waals surface area contributed by atoms with Crippen LogP contribution in [0.25, 0.3) is 0 Å². The van der Waals surface area contributed by atoms with E-state index >= 15 is 0 Å². The minimum atomic E-state index is 0.141. The second-order valence-electron chi connectivity index (χ2n) is 6.76. The minimum Gasteiger partial charge on any atom is -0.355 e. The third kappa shape index (κ3) is 3.13. The molecule has 114 valence electrons. The molecule has 2 aliphatic rings. The van der Waals surface area contributed by atoms with Gasteiger partial charge in [-0.2, -0.15) is 0 Å². The molecule has 3 heteroatoms. The van der Waals surface area contributed by atoms with Gasteiger partial charge in [0.15, 0.2) is 0 Å². The number of benzene rings is 1. The molecule has 0 heterocycles. The lowest BCUT2D eigenvalue weighted by Gasteiger charge is -2.38. The molecule has 2 fully saturated rings. The lowest BCUT2D eigenvalue weighted by atomic mass is 9.69. The van der Waals surface area contributed by atoms with Crippen LogP contribution in [0.4, 0.5) is 0 Å². The summed E-state index contributed by atoms with van der Waals surface area (Å²) in [5, 5.41) is 3.22. The van der Waals surface area contributed by atoms with E-state index in [1.165, 1.54) is 37.7 Å². The summed E-state index contributed by atoms with van der Waals surface area (Å²) in [7, 11) is 0. The SMILES string of the molecule is NC[C@@H]1C[C@@H]1C(=O)NCC1(c2ccccc2)CCCCC1. The van der Waals surface area contributed by atoms with Crippen LogP contribution in [-0.4, -0.2) is 19.0 Å². The first kappa shape index (κ1) is 14.6. The lowest BCUT2D eigenvalue weighted by molar-refractivity contribution is -0.122. The van der Waals surface area contributed by atoms with Crippen molar-refractivity contribution in [2.45, 2.75) is 43.9 Å². The highest BCUT2D eigenvalue weighted by molar-refractivity contribution is 5.81. The molecule has 0 spiro atoms. The van der Waals surface area contributed by atoms with Crippen molar-refractivity contribution in [3.05, 3.63) is 35.9 Å². The van der Waals surface area contributed by atoms with E-state index < -0.39 is 0 Å². The molecule has 1 amide bonds. The summed E-state index contributed by atoms with van der Waals surface area (Å²) in [5.41, 5.74) is 7.16. The largest absolute Gasteiger partial charge is 0.355 e. The van der Waals surface area contributed by atoms with Crippen LogP contribution in [-0.2, 0) is 10.2 Å². The van der Waals surface area contributed by atoms with Gasteiger partial charge in [-0.05, 0) is 37.3 Å². The van der Waals surface area contributed by atoms with Crippen LogP contribution >= 0.6 is 0 Å². The summed E-state index contributed by atoms with van der Waals surface area (Å²) in [6, 6.07) is 10.7. The van der Waals surface area contributed by atoms with Gasteiger partial charge in [0, 0.05) is 17.9 Å². The van der Waals surface area contributed by atoms with E-state index in [4.69, 9.17) is 5.73 Å². The predicted molar refractivity (Wildman–Crippen MR) is 84.9 cm³/mol. The van der Waals surface area contributed by atoms with Gasteiger partial charge in [0.25, 0.3) is 0 Å². The van der Waals surface area contributed by atoms with Crippen LogP contribution in [0.3, 0.4) is 0 Å². The van der Waals surface area contributed by atoms with Gasteiger partial charge in [-0.1, -0.05) is 49.6 Å². The van der Waals surface area contributed by atoms with Crippen molar-refractivity contribution >= 4 is 5.91 Å². The second-order valence-corrected chi connectivity index (χ2v) is 6.76. The molecular formula is C18H26N2O. The quantitative estimate of drug-likeness (QED) is 0.874. The molecule has 3 nitrogen and oxygen atoms in total. The fourth-order valence-electron chi connectivity index (χ4n) is 3.80. The average molecular weight is 286 g/mol. The van der Waals surface area contributed by atoms with Crippen LogP contribution in [0.1, 0.15) is 44.1 Å². The monoisotopic (exact) mass is 286 g/mol. The van der Waals surface area contributed by atoms with Gasteiger partial charge in [-0.15, -0.1) is 0 Å². The molecule has 3 rings (SSSR count). The Labute approximate surface area is 127 Å². The molecule has 21 heavy (non-hydrogen) atoms. The molecule has 0 unspecified atom stereocenters. The van der Waals surface area contributed by atoms with Crippen LogP contribution < -0.4 is 11.1 Å². The van der Waals surface area contributed by atoms with E-state index in [1.54, 1.807) is 0 Å². The maximum atomic E-state index is 12.2. The van der Waals surface area contributed by atoms with Gasteiger partial charge in [0.05, 0.1) is 0 Å². The Balaban J connectivity index is 1.67. The Kier molecular flexibility index (Phi) is 4.29. The Morgan fingerprint density at radius 2 is 1.90 bits per heavy atom. The first-order valence-corrected chi connectivity index (χ1v) is 8.28. The normalized spacial score (nSPS) is 27.1. The second kappa shape index (κ2) is 6.18. The van der Waals surface area contributed by atoms with E-state index in [9.17, 15) is 4.79 Å². The van der Waals surface area contributed by atoms with E-state index in [0.717, 1.165) is 13.0 Å². The number of amides is 1. The van der Waals surface area contributed by atoms with Crippen LogP contribution in [0.2, 0.25) is 0 Å². The fraction of sp³-hybridized carbons (Fsp3) is 0.611. The van der Waals surface area contributed by atoms with Crippen molar-refractivity contribution in [2.24, 2.45) is 17.6 Å². The standard InChI is InChI=1S/C18H26N2O/c19-12-14-11-16(14)17(21)20-13-18(9-5-2-6-10-18)15-7-3-1-4-8-15/h1,3-4,7-8,14,16H,2,5-6,9-13,19H2,(H,20,21)/t14-,16-/m0/s1. The van der Waals surface area contributed by atoms with E-state index in [-0.39, 0.29) is 17.2 Å². The summed E-state index contributed by atoms with van der Waals surface area (Å²) < 4.78 is 0. The predicted octanol–water partition coefficient (Wildman–Crippen LogP) is 2.60. The molecule has 0 radical (unpaired) electrons. The summed E-state index contributed by atoms with van der Waals surface area (Å²) >= 11 is 0. The third-order valence-corrected chi connectivity index (χ3v) is 5.36. The smallest absolute Gasteiger partial charge is 0.223 e. The van der Waals surface area contributed by atoms with Crippen LogP contribution in [0, 0.1) is 11.8 Å². The van der Waals surface area contributed by atoms with Gasteiger partial charge in [-0.25, -0.2) is 0 Å². The Morgan fingerprint density at radius 1 is 1.19 bits per heavy atom. The third-order valence-electron chi connectivity index (χ3n) is 5.36. The Hall–Kier alpha value is -1.35. The topological polar surface area (TPSA) is 55.1 Å². The van der Waals surface area contributed by atoms with Crippen LogP contribution in [0.5, 0.6) is 0 Å². The van der Waals surface area contributed by atoms with Gasteiger partial charge < -0.3 is 11.1 Å². The van der Waals surface area contributed by atoms with Crippen molar-refractivity contribution in [3.8, 4) is 0 Å². The highest BCUT2D eigenvalue weighted by Crippen LogP contribution is 2.40. The fourth-order valence-corrected chi connectivity index (χ4v) is 3.80. The maximum Gasteiger partial charge on any atom is 0.223 e. The van der Waals surface area contributed by atoms with Gasteiger partial charge >= 0.3 is 0 Å². The molecule has 1 aromatic rings. The lowest BCUT2D eigenvalue weighted by Crippen LogP contribution is -2.43. The Bertz CT molecular complexity index is 479. The number of carbonyl (C=O) groups excluding carboxylic acids is 1. The molecule has 2 saturated carbocycles. The van der Waals surface area contributed by atoms with Crippen LogP contribution in [0.15, 0.2) is 30.3 Å². The van der Waals surface area contributed by atoms with Gasteiger partial charge in [0.2, 0.25) is 5.91 Å². The zero-order valence-electron chi connectivity index (χ0n) is 12.7. The number of nitrogens with one attached hydrogen (secondary N) is 1. The molecule has 0 bridgehead atoms. The summed E-state index contributed by atoms with van der Waals surface area (Å²) in [6.45, 7) is 1.42. The number of rotatable bonds is 5. The molecule has 1 aromatic carbocycles. The van der Waals surface area contributed by atoms with Gasteiger partial charge in [0.1, 0.15) is 0 Å². The van der Waals surface area contributed by atoms with Crippen molar-refractivity contribution < 1.29 is 4.79 Å². The molecule has 2 atom stereocenters. The molecule has 0 aliphatic heterocycles. The highest BCUT2D eigenvalue weighted by atomic mass is 16.2. The van der Waals surface area contributed by atoms with Crippen molar-refractivity contribution in [1.82, 2.24) is 5.32 Å². The Morgan fingerprint density at radius 3 is 2.52 bits per heavy atom. The molecule has 3 N–H and O–H groups in total. The molecule has 0 aromatic heterocycles. The molecule has 0 saturated heterocycles. The summed E-state index contributed by atoms with van der Waals surface area (Å²) in [6.07, 6.45) is 7.19. The highest BCUT2D eigenvalue weighted by Gasteiger charge is 2.42. The van der Waals surface area contributed by atoms with Crippen molar-refractivity contribution in [1.29, 1.82) is 0 Å². The van der Waals surface area contributed by atoms with E-state index in [1.807, 2.05) is 0 Å².